The fraction of sp³-hybridized carbons (Fsp3) is 0.0435. The average Bonchev–Trinajstić information content (AvgIpc) is 3.74. The summed E-state index contributed by atoms with van der Waals surface area (Å²) in [5, 5.41) is 7.99. The first-order chi connectivity index (χ1) is 25.5. The molecule has 244 valence electrons. The van der Waals surface area contributed by atoms with Gasteiger partial charge in [-0.1, -0.05) is 109 Å². The highest BCUT2D eigenvalue weighted by molar-refractivity contribution is 6.41. The predicted molar refractivity (Wildman–Crippen MR) is 215 cm³/mol. The molecule has 1 atom stereocenters. The summed E-state index contributed by atoms with van der Waals surface area (Å²) >= 11 is 0. The molecular formula is C46H31BN4O. The molecule has 3 heterocycles. The van der Waals surface area contributed by atoms with E-state index in [0.717, 1.165) is 77.8 Å². The molecule has 6 heteroatoms. The zero-order valence-corrected chi connectivity index (χ0v) is 28.4. The van der Waals surface area contributed by atoms with Crippen LogP contribution in [0, 0.1) is 0 Å². The fourth-order valence-electron chi connectivity index (χ4n) is 7.61. The summed E-state index contributed by atoms with van der Waals surface area (Å²) in [6.07, 6.45) is 0. The van der Waals surface area contributed by atoms with Gasteiger partial charge in [-0.15, -0.1) is 0 Å². The van der Waals surface area contributed by atoms with Gasteiger partial charge in [-0.2, -0.15) is 0 Å². The predicted octanol–water partition coefficient (Wildman–Crippen LogP) is 9.81. The number of aliphatic imine (C=N–C) groups is 2. The maximum absolute atomic E-state index is 6.39. The van der Waals surface area contributed by atoms with E-state index >= 15 is 0 Å². The molecule has 0 amide bonds. The van der Waals surface area contributed by atoms with Crippen molar-refractivity contribution in [3.63, 3.8) is 0 Å². The zero-order valence-electron chi connectivity index (χ0n) is 28.4. The van der Waals surface area contributed by atoms with E-state index < -0.39 is 5.66 Å². The Balaban J connectivity index is 1.07. The third-order valence-corrected chi connectivity index (χ3v) is 10.2. The van der Waals surface area contributed by atoms with Gasteiger partial charge in [0, 0.05) is 38.4 Å². The van der Waals surface area contributed by atoms with Crippen molar-refractivity contribution in [2.24, 2.45) is 9.98 Å². The van der Waals surface area contributed by atoms with Crippen molar-refractivity contribution in [1.82, 2.24) is 9.88 Å². The first kappa shape index (κ1) is 30.2. The van der Waals surface area contributed by atoms with Crippen molar-refractivity contribution in [2.45, 2.75) is 12.6 Å². The van der Waals surface area contributed by atoms with Crippen LogP contribution in [0.4, 0.5) is 0 Å². The highest BCUT2D eigenvalue weighted by Crippen LogP contribution is 2.37. The van der Waals surface area contributed by atoms with Gasteiger partial charge < -0.3 is 14.3 Å². The molecule has 2 radical (unpaired) electrons. The molecule has 2 aromatic heterocycles. The van der Waals surface area contributed by atoms with E-state index in [1.54, 1.807) is 0 Å². The number of rotatable bonds is 5. The van der Waals surface area contributed by atoms with E-state index in [1.807, 2.05) is 60.7 Å². The quantitative estimate of drug-likeness (QED) is 0.186. The number of fused-ring (bicyclic) bond motifs is 6. The molecule has 1 unspecified atom stereocenters. The van der Waals surface area contributed by atoms with Crippen LogP contribution in [0.5, 0.6) is 0 Å². The third kappa shape index (κ3) is 4.87. The summed E-state index contributed by atoms with van der Waals surface area (Å²) in [6.45, 7) is 2.10. The molecule has 0 fully saturated rings. The second kappa shape index (κ2) is 11.7. The van der Waals surface area contributed by atoms with Gasteiger partial charge in [0.05, 0.1) is 11.0 Å². The lowest BCUT2D eigenvalue weighted by molar-refractivity contribution is 0.455. The number of nitrogens with one attached hydrogen (secondary N) is 1. The Labute approximate surface area is 302 Å². The van der Waals surface area contributed by atoms with E-state index in [4.69, 9.17) is 22.2 Å². The Bertz CT molecular complexity index is 2890. The summed E-state index contributed by atoms with van der Waals surface area (Å²) in [5.74, 6) is 1.48. The summed E-state index contributed by atoms with van der Waals surface area (Å²) in [6, 6.07) is 56.6. The van der Waals surface area contributed by atoms with Gasteiger partial charge in [-0.3, -0.25) is 0 Å². The van der Waals surface area contributed by atoms with Crippen LogP contribution in [-0.2, 0) is 5.66 Å². The summed E-state index contributed by atoms with van der Waals surface area (Å²) < 4.78 is 8.44. The molecule has 5 nitrogen and oxygen atoms in total. The van der Waals surface area contributed by atoms with Crippen LogP contribution in [0.2, 0.25) is 0 Å². The molecule has 1 aliphatic rings. The summed E-state index contributed by atoms with van der Waals surface area (Å²) in [5.41, 5.74) is 10.3. The lowest BCUT2D eigenvalue weighted by atomic mass is 9.90. The van der Waals surface area contributed by atoms with Crippen LogP contribution < -0.4 is 10.8 Å². The maximum Gasteiger partial charge on any atom is 0.159 e. The molecule has 9 aromatic rings. The number of furan rings is 1. The number of hydrogen-bond donors (Lipinski definition) is 1. The minimum absolute atomic E-state index is 0.686. The van der Waals surface area contributed by atoms with Crippen LogP contribution in [0.1, 0.15) is 23.6 Å². The molecule has 0 saturated heterocycles. The second-order valence-corrected chi connectivity index (χ2v) is 13.5. The highest BCUT2D eigenvalue weighted by atomic mass is 16.3. The van der Waals surface area contributed by atoms with Gasteiger partial charge in [0.25, 0.3) is 0 Å². The van der Waals surface area contributed by atoms with E-state index in [9.17, 15) is 0 Å². The number of aromatic nitrogens is 1. The molecule has 0 spiro atoms. The molecular weight excluding hydrogens is 635 g/mol. The van der Waals surface area contributed by atoms with E-state index in [2.05, 4.69) is 120 Å². The standard InChI is InChI=1S/C46H31BN4O/c1-46(33-13-6-3-7-14-33)49-44(29-11-4-2-5-12-29)48-45(50-46)30-19-23-34(24-20-30)51-39-17-9-8-15-35(39)36-27-31(21-25-40(36)51)32-22-26-41-37(28-32)43-38(47)16-10-18-42(43)52-41/h2-28H,1H3,(H,48,49,50). The van der Waals surface area contributed by atoms with Crippen LogP contribution in [0.15, 0.2) is 178 Å². The number of para-hydroxylation sites is 1. The topological polar surface area (TPSA) is 54.8 Å². The van der Waals surface area contributed by atoms with Gasteiger partial charge in [-0.05, 0) is 84.3 Å². The second-order valence-electron chi connectivity index (χ2n) is 13.5. The van der Waals surface area contributed by atoms with E-state index in [-0.39, 0.29) is 0 Å². The molecule has 1 aliphatic heterocycles. The van der Waals surface area contributed by atoms with Gasteiger partial charge in [0.1, 0.15) is 24.8 Å². The Morgan fingerprint density at radius 2 is 1.25 bits per heavy atom. The molecule has 52 heavy (non-hydrogen) atoms. The molecule has 1 N–H and O–H groups in total. The van der Waals surface area contributed by atoms with Crippen molar-refractivity contribution >= 4 is 68.7 Å². The number of hydrogen-bond acceptors (Lipinski definition) is 4. The number of benzene rings is 7. The van der Waals surface area contributed by atoms with Crippen LogP contribution in [0.25, 0.3) is 60.6 Å². The maximum atomic E-state index is 6.39. The number of amidine groups is 2. The van der Waals surface area contributed by atoms with Crippen molar-refractivity contribution < 1.29 is 4.42 Å². The van der Waals surface area contributed by atoms with Crippen LogP contribution in [-0.4, -0.2) is 24.1 Å². The third-order valence-electron chi connectivity index (χ3n) is 10.2. The molecule has 0 bridgehead atoms. The Hall–Kier alpha value is -6.66. The molecule has 0 aliphatic carbocycles. The van der Waals surface area contributed by atoms with Crippen LogP contribution in [0.3, 0.4) is 0 Å². The normalized spacial score (nSPS) is 15.9. The average molecular weight is 667 g/mol. The smallest absolute Gasteiger partial charge is 0.159 e. The molecule has 7 aromatic carbocycles. The van der Waals surface area contributed by atoms with Gasteiger partial charge in [0.15, 0.2) is 11.5 Å². The van der Waals surface area contributed by atoms with Crippen LogP contribution >= 0.6 is 0 Å². The minimum Gasteiger partial charge on any atom is -0.456 e. The van der Waals surface area contributed by atoms with Crippen molar-refractivity contribution in [3.05, 3.63) is 180 Å². The minimum atomic E-state index is -0.686. The first-order valence-corrected chi connectivity index (χ1v) is 17.5. The Morgan fingerprint density at radius 3 is 2.06 bits per heavy atom. The Kier molecular flexibility index (Phi) is 6.80. The van der Waals surface area contributed by atoms with E-state index in [0.29, 0.717) is 5.84 Å². The van der Waals surface area contributed by atoms with Gasteiger partial charge in [0.2, 0.25) is 0 Å². The van der Waals surface area contributed by atoms with Crippen molar-refractivity contribution in [2.75, 3.05) is 0 Å². The van der Waals surface area contributed by atoms with Crippen molar-refractivity contribution in [3.8, 4) is 16.8 Å². The summed E-state index contributed by atoms with van der Waals surface area (Å²) in [4.78, 5) is 10.2. The van der Waals surface area contributed by atoms with E-state index in [1.165, 1.54) is 10.8 Å². The largest absolute Gasteiger partial charge is 0.456 e. The Morgan fingerprint density at radius 1 is 0.577 bits per heavy atom. The van der Waals surface area contributed by atoms with Gasteiger partial charge in [-0.25, -0.2) is 9.98 Å². The first-order valence-electron chi connectivity index (χ1n) is 17.5. The SMILES string of the molecule is [B]c1cccc2oc3ccc(-c4ccc5c(c4)c4ccccc4n5-c4ccc(C5=NC(C)(c6ccccc6)NC(c6ccccc6)=N5)cc4)cc3c12. The monoisotopic (exact) mass is 666 g/mol. The van der Waals surface area contributed by atoms with Gasteiger partial charge >= 0.3 is 0 Å². The van der Waals surface area contributed by atoms with Crippen molar-refractivity contribution in [1.29, 1.82) is 0 Å². The number of nitrogens with zero attached hydrogens (tertiary/aromatic N) is 3. The molecule has 10 rings (SSSR count). The lowest BCUT2D eigenvalue weighted by Gasteiger charge is -2.33. The summed E-state index contributed by atoms with van der Waals surface area (Å²) in [7, 11) is 6.39. The highest BCUT2D eigenvalue weighted by Gasteiger charge is 2.32. The fourth-order valence-corrected chi connectivity index (χ4v) is 7.61. The zero-order chi connectivity index (χ0) is 34.8. The lowest BCUT2D eigenvalue weighted by Crippen LogP contribution is -2.46. The molecule has 0 saturated carbocycles.